The van der Waals surface area contributed by atoms with Crippen molar-refractivity contribution >= 4 is 28.9 Å². The van der Waals surface area contributed by atoms with Gasteiger partial charge in [-0.1, -0.05) is 29.8 Å². The lowest BCUT2D eigenvalue weighted by Crippen LogP contribution is -2.14. The van der Waals surface area contributed by atoms with Gasteiger partial charge in [0.1, 0.15) is 0 Å². The van der Waals surface area contributed by atoms with E-state index in [2.05, 4.69) is 15.6 Å². The van der Waals surface area contributed by atoms with Gasteiger partial charge in [-0.05, 0) is 54.4 Å². The number of carbonyl (C=O) groups is 1. The molecule has 0 aliphatic carbocycles. The van der Waals surface area contributed by atoms with Crippen LogP contribution in [-0.2, 0) is 6.54 Å². The quantitative estimate of drug-likeness (QED) is 0.686. The first-order valence-corrected chi connectivity index (χ1v) is 8.30. The molecule has 0 aliphatic rings. The molecule has 1 aromatic heterocycles. The van der Waals surface area contributed by atoms with Crippen molar-refractivity contribution in [3.63, 3.8) is 0 Å². The van der Waals surface area contributed by atoms with Crippen LogP contribution in [0.25, 0.3) is 0 Å². The second-order valence-electron chi connectivity index (χ2n) is 5.67. The molecular formula is C20H18ClN3O. The Bertz CT molecular complexity index is 881. The van der Waals surface area contributed by atoms with Crippen LogP contribution >= 0.6 is 11.6 Å². The van der Waals surface area contributed by atoms with Crippen molar-refractivity contribution in [1.82, 2.24) is 4.98 Å². The molecule has 0 saturated heterocycles. The number of rotatable bonds is 5. The summed E-state index contributed by atoms with van der Waals surface area (Å²) in [7, 11) is 0. The summed E-state index contributed by atoms with van der Waals surface area (Å²) in [5.74, 6) is -0.183. The highest BCUT2D eigenvalue weighted by Gasteiger charge is 2.11. The van der Waals surface area contributed by atoms with E-state index in [0.29, 0.717) is 22.8 Å². The molecule has 0 radical (unpaired) electrons. The fourth-order valence-electron chi connectivity index (χ4n) is 2.40. The minimum atomic E-state index is -0.183. The summed E-state index contributed by atoms with van der Waals surface area (Å²) in [6.45, 7) is 2.54. The molecule has 0 unspecified atom stereocenters. The third kappa shape index (κ3) is 4.37. The number of carbonyl (C=O) groups excluding carboxylic acids is 1. The van der Waals surface area contributed by atoms with Gasteiger partial charge in [0.05, 0.1) is 5.56 Å². The van der Waals surface area contributed by atoms with E-state index in [-0.39, 0.29) is 5.91 Å². The maximum absolute atomic E-state index is 12.6. The monoisotopic (exact) mass is 351 g/mol. The van der Waals surface area contributed by atoms with E-state index in [1.807, 2.05) is 49.4 Å². The van der Waals surface area contributed by atoms with E-state index in [1.165, 1.54) is 0 Å². The molecule has 3 aromatic rings. The minimum Gasteiger partial charge on any atom is -0.380 e. The van der Waals surface area contributed by atoms with E-state index < -0.39 is 0 Å². The highest BCUT2D eigenvalue weighted by atomic mass is 35.5. The van der Waals surface area contributed by atoms with E-state index in [1.54, 1.807) is 24.5 Å². The summed E-state index contributed by atoms with van der Waals surface area (Å²) < 4.78 is 0. The summed E-state index contributed by atoms with van der Waals surface area (Å²) in [5, 5.41) is 6.82. The number of hydrogen-bond acceptors (Lipinski definition) is 3. The summed E-state index contributed by atoms with van der Waals surface area (Å²) in [4.78, 5) is 16.6. The van der Waals surface area contributed by atoms with Crippen LogP contribution in [0.2, 0.25) is 5.02 Å². The highest BCUT2D eigenvalue weighted by molar-refractivity contribution is 6.31. The average Bonchev–Trinajstić information content (AvgIpc) is 2.64. The fourth-order valence-corrected chi connectivity index (χ4v) is 2.58. The standard InChI is InChI=1S/C20H18ClN3O/c1-14-6-7-16(12-18(14)21)24-20(25)17-4-2-3-5-19(17)23-13-15-8-10-22-11-9-15/h2-12,23H,13H2,1H3,(H,24,25). The number of hydrogen-bond donors (Lipinski definition) is 2. The van der Waals surface area contributed by atoms with E-state index in [0.717, 1.165) is 16.8 Å². The van der Waals surface area contributed by atoms with E-state index >= 15 is 0 Å². The van der Waals surface area contributed by atoms with Gasteiger partial charge in [-0.25, -0.2) is 0 Å². The van der Waals surface area contributed by atoms with Gasteiger partial charge in [-0.2, -0.15) is 0 Å². The topological polar surface area (TPSA) is 54.0 Å². The smallest absolute Gasteiger partial charge is 0.257 e. The minimum absolute atomic E-state index is 0.183. The predicted molar refractivity (Wildman–Crippen MR) is 102 cm³/mol. The molecule has 4 nitrogen and oxygen atoms in total. The first kappa shape index (κ1) is 17.0. The Balaban J connectivity index is 1.75. The number of amides is 1. The number of nitrogens with zero attached hydrogens (tertiary/aromatic N) is 1. The van der Waals surface area contributed by atoms with Crippen LogP contribution in [0.4, 0.5) is 11.4 Å². The molecule has 0 aliphatic heterocycles. The van der Waals surface area contributed by atoms with Crippen LogP contribution < -0.4 is 10.6 Å². The molecule has 0 atom stereocenters. The average molecular weight is 352 g/mol. The molecule has 2 aromatic carbocycles. The lowest BCUT2D eigenvalue weighted by molar-refractivity contribution is 0.102. The van der Waals surface area contributed by atoms with Crippen molar-refractivity contribution in [1.29, 1.82) is 0 Å². The van der Waals surface area contributed by atoms with Crippen molar-refractivity contribution in [2.24, 2.45) is 0 Å². The Morgan fingerprint density at radius 3 is 2.60 bits per heavy atom. The zero-order valence-corrected chi connectivity index (χ0v) is 14.5. The van der Waals surface area contributed by atoms with Gasteiger partial charge in [0.15, 0.2) is 0 Å². The maximum atomic E-state index is 12.6. The lowest BCUT2D eigenvalue weighted by atomic mass is 10.1. The Hall–Kier alpha value is -2.85. The van der Waals surface area contributed by atoms with Crippen LogP contribution in [0, 0.1) is 6.92 Å². The summed E-state index contributed by atoms with van der Waals surface area (Å²) in [5.41, 5.74) is 4.09. The second-order valence-corrected chi connectivity index (χ2v) is 6.08. The van der Waals surface area contributed by atoms with Gasteiger partial charge in [-0.15, -0.1) is 0 Å². The number of pyridine rings is 1. The molecule has 0 saturated carbocycles. The third-order valence-electron chi connectivity index (χ3n) is 3.83. The number of anilines is 2. The first-order chi connectivity index (χ1) is 12.1. The van der Waals surface area contributed by atoms with Crippen LogP contribution in [0.5, 0.6) is 0 Å². The summed E-state index contributed by atoms with van der Waals surface area (Å²) in [6.07, 6.45) is 3.49. The van der Waals surface area contributed by atoms with Gasteiger partial charge < -0.3 is 10.6 Å². The molecule has 3 rings (SSSR count). The molecule has 0 fully saturated rings. The molecular weight excluding hydrogens is 334 g/mol. The number of halogens is 1. The van der Waals surface area contributed by atoms with Crippen LogP contribution in [0.15, 0.2) is 67.0 Å². The van der Waals surface area contributed by atoms with E-state index in [9.17, 15) is 4.79 Å². The number of nitrogens with one attached hydrogen (secondary N) is 2. The zero-order valence-electron chi connectivity index (χ0n) is 13.8. The van der Waals surface area contributed by atoms with Gasteiger partial charge in [0.25, 0.3) is 5.91 Å². The molecule has 2 N–H and O–H groups in total. The van der Waals surface area contributed by atoms with Crippen LogP contribution in [-0.4, -0.2) is 10.9 Å². The molecule has 0 spiro atoms. The maximum Gasteiger partial charge on any atom is 0.257 e. The molecule has 126 valence electrons. The summed E-state index contributed by atoms with van der Waals surface area (Å²) >= 11 is 6.12. The van der Waals surface area contributed by atoms with Gasteiger partial charge in [0.2, 0.25) is 0 Å². The number of benzene rings is 2. The Morgan fingerprint density at radius 1 is 1.08 bits per heavy atom. The van der Waals surface area contributed by atoms with Crippen LogP contribution in [0.3, 0.4) is 0 Å². The second kappa shape index (κ2) is 7.81. The number of aryl methyl sites for hydroxylation is 1. The van der Waals surface area contributed by atoms with Crippen molar-refractivity contribution in [3.8, 4) is 0 Å². The highest BCUT2D eigenvalue weighted by Crippen LogP contribution is 2.22. The first-order valence-electron chi connectivity index (χ1n) is 7.93. The zero-order chi connectivity index (χ0) is 17.6. The molecule has 5 heteroatoms. The molecule has 1 heterocycles. The van der Waals surface area contributed by atoms with Crippen LogP contribution in [0.1, 0.15) is 21.5 Å². The molecule has 0 bridgehead atoms. The predicted octanol–water partition coefficient (Wildman–Crippen LogP) is 4.91. The molecule has 1 amide bonds. The largest absolute Gasteiger partial charge is 0.380 e. The van der Waals surface area contributed by atoms with Crippen molar-refractivity contribution in [2.75, 3.05) is 10.6 Å². The fraction of sp³-hybridized carbons (Fsp3) is 0.100. The third-order valence-corrected chi connectivity index (χ3v) is 4.24. The van der Waals surface area contributed by atoms with Gasteiger partial charge in [-0.3, -0.25) is 9.78 Å². The van der Waals surface area contributed by atoms with Crippen molar-refractivity contribution < 1.29 is 4.79 Å². The SMILES string of the molecule is Cc1ccc(NC(=O)c2ccccc2NCc2ccncc2)cc1Cl. The Kier molecular flexibility index (Phi) is 5.31. The normalized spacial score (nSPS) is 10.3. The number of aromatic nitrogens is 1. The van der Waals surface area contributed by atoms with Crippen molar-refractivity contribution in [2.45, 2.75) is 13.5 Å². The summed E-state index contributed by atoms with van der Waals surface area (Å²) in [6, 6.07) is 16.8. The molecule has 25 heavy (non-hydrogen) atoms. The van der Waals surface area contributed by atoms with Crippen molar-refractivity contribution in [3.05, 3.63) is 88.7 Å². The van der Waals surface area contributed by atoms with Gasteiger partial charge >= 0.3 is 0 Å². The van der Waals surface area contributed by atoms with E-state index in [4.69, 9.17) is 11.6 Å². The number of para-hydroxylation sites is 1. The van der Waals surface area contributed by atoms with Gasteiger partial charge in [0, 0.05) is 35.3 Å². The Morgan fingerprint density at radius 2 is 1.84 bits per heavy atom. The lowest BCUT2D eigenvalue weighted by Gasteiger charge is -2.13. The Labute approximate surface area is 151 Å².